The average molecular weight is 306 g/mol. The lowest BCUT2D eigenvalue weighted by Crippen LogP contribution is -2.18. The number of fused-ring (bicyclic) bond motifs is 1. The molecule has 1 aromatic heterocycles. The molecule has 0 saturated heterocycles. The lowest BCUT2D eigenvalue weighted by Gasteiger charge is -2.20. The minimum atomic E-state index is 0.151. The number of rotatable bonds is 1. The van der Waals surface area contributed by atoms with E-state index in [9.17, 15) is 0 Å². The van der Waals surface area contributed by atoms with E-state index in [-0.39, 0.29) is 6.04 Å². The van der Waals surface area contributed by atoms with Gasteiger partial charge in [-0.05, 0) is 49.9 Å². The van der Waals surface area contributed by atoms with Crippen molar-refractivity contribution in [1.29, 1.82) is 0 Å². The number of hydrogen-bond acceptors (Lipinski definition) is 2. The summed E-state index contributed by atoms with van der Waals surface area (Å²) >= 11 is 3.49. The highest BCUT2D eigenvalue weighted by atomic mass is 79.9. The third kappa shape index (κ3) is 1.89. The Morgan fingerprint density at radius 1 is 1.44 bits per heavy atom. The van der Waals surface area contributed by atoms with E-state index in [2.05, 4.69) is 50.8 Å². The van der Waals surface area contributed by atoms with Gasteiger partial charge in [0.05, 0.1) is 11.9 Å². The molecule has 1 aliphatic carbocycles. The Hall–Kier alpha value is -1.13. The van der Waals surface area contributed by atoms with Crippen molar-refractivity contribution in [3.05, 3.63) is 45.7 Å². The number of hydrogen-bond donors (Lipinski definition) is 1. The highest BCUT2D eigenvalue weighted by Gasteiger charge is 2.22. The second-order valence-electron chi connectivity index (χ2n) is 4.89. The molecule has 2 N–H and O–H groups in total. The summed E-state index contributed by atoms with van der Waals surface area (Å²) in [6, 6.07) is 6.43. The Labute approximate surface area is 115 Å². The Morgan fingerprint density at radius 3 is 3.06 bits per heavy atom. The van der Waals surface area contributed by atoms with Crippen LogP contribution in [-0.4, -0.2) is 9.78 Å². The van der Waals surface area contributed by atoms with Gasteiger partial charge in [0.25, 0.3) is 0 Å². The van der Waals surface area contributed by atoms with Crippen molar-refractivity contribution in [2.75, 3.05) is 0 Å². The molecule has 3 rings (SSSR count). The maximum atomic E-state index is 6.14. The van der Waals surface area contributed by atoms with Crippen molar-refractivity contribution < 1.29 is 0 Å². The van der Waals surface area contributed by atoms with E-state index in [4.69, 9.17) is 5.73 Å². The first-order valence-electron chi connectivity index (χ1n) is 6.25. The molecule has 4 heteroatoms. The van der Waals surface area contributed by atoms with Crippen LogP contribution in [0.1, 0.15) is 35.7 Å². The number of aryl methyl sites for hydroxylation is 1. The molecule has 0 bridgehead atoms. The Morgan fingerprint density at radius 2 is 2.28 bits per heavy atom. The number of nitrogens with zero attached hydrogens (tertiary/aromatic N) is 2. The van der Waals surface area contributed by atoms with Crippen molar-refractivity contribution in [2.24, 2.45) is 5.73 Å². The predicted molar refractivity (Wildman–Crippen MR) is 75.9 cm³/mol. The number of nitrogens with two attached hydrogens (primary N) is 1. The molecule has 1 aliphatic rings. The molecule has 3 nitrogen and oxygen atoms in total. The van der Waals surface area contributed by atoms with Gasteiger partial charge in [0.2, 0.25) is 0 Å². The molecule has 94 valence electrons. The third-order valence-corrected chi connectivity index (χ3v) is 4.11. The summed E-state index contributed by atoms with van der Waals surface area (Å²) in [5.41, 5.74) is 11.0. The van der Waals surface area contributed by atoms with Crippen LogP contribution in [0.25, 0.3) is 5.69 Å². The van der Waals surface area contributed by atoms with Crippen LogP contribution in [0.4, 0.5) is 0 Å². The van der Waals surface area contributed by atoms with Crippen LogP contribution >= 0.6 is 15.9 Å². The molecule has 0 radical (unpaired) electrons. The molecule has 0 amide bonds. The van der Waals surface area contributed by atoms with Gasteiger partial charge < -0.3 is 5.73 Å². The van der Waals surface area contributed by atoms with E-state index < -0.39 is 0 Å². The summed E-state index contributed by atoms with van der Waals surface area (Å²) in [7, 11) is 0. The molecule has 1 unspecified atom stereocenters. The highest BCUT2D eigenvalue weighted by Crippen LogP contribution is 2.30. The van der Waals surface area contributed by atoms with Gasteiger partial charge in [-0.25, -0.2) is 4.68 Å². The monoisotopic (exact) mass is 305 g/mol. The first kappa shape index (κ1) is 11.9. The van der Waals surface area contributed by atoms with E-state index >= 15 is 0 Å². The van der Waals surface area contributed by atoms with Gasteiger partial charge in [-0.1, -0.05) is 15.9 Å². The van der Waals surface area contributed by atoms with Crippen molar-refractivity contribution in [1.82, 2.24) is 9.78 Å². The van der Waals surface area contributed by atoms with Gasteiger partial charge in [-0.2, -0.15) is 5.10 Å². The quantitative estimate of drug-likeness (QED) is 0.878. The van der Waals surface area contributed by atoms with Gasteiger partial charge in [0.1, 0.15) is 0 Å². The molecule has 18 heavy (non-hydrogen) atoms. The smallest absolute Gasteiger partial charge is 0.0678 e. The molecular formula is C14H16BrN3. The van der Waals surface area contributed by atoms with Crippen LogP contribution in [0.5, 0.6) is 0 Å². The second-order valence-corrected chi connectivity index (χ2v) is 5.80. The summed E-state index contributed by atoms with van der Waals surface area (Å²) in [6.07, 6.45) is 5.21. The van der Waals surface area contributed by atoms with Crippen molar-refractivity contribution in [3.8, 4) is 5.69 Å². The van der Waals surface area contributed by atoms with E-state index in [1.807, 2.05) is 6.20 Å². The zero-order chi connectivity index (χ0) is 12.7. The summed E-state index contributed by atoms with van der Waals surface area (Å²) in [6.45, 7) is 2.11. The molecule has 0 aliphatic heterocycles. The fraction of sp³-hybridized carbons (Fsp3) is 0.357. The van der Waals surface area contributed by atoms with Crippen LogP contribution in [-0.2, 0) is 6.42 Å². The summed E-state index contributed by atoms with van der Waals surface area (Å²) in [5.74, 6) is 0. The van der Waals surface area contributed by atoms with Gasteiger partial charge in [0, 0.05) is 21.8 Å². The Balaban J connectivity index is 2.12. The molecule has 0 spiro atoms. The molecular weight excluding hydrogens is 290 g/mol. The molecule has 1 aromatic carbocycles. The van der Waals surface area contributed by atoms with E-state index in [1.54, 1.807) is 0 Å². The van der Waals surface area contributed by atoms with Crippen LogP contribution in [0.3, 0.4) is 0 Å². The fourth-order valence-corrected chi connectivity index (χ4v) is 3.13. The molecule has 1 atom stereocenters. The minimum absolute atomic E-state index is 0.151. The van der Waals surface area contributed by atoms with Crippen LogP contribution < -0.4 is 5.73 Å². The van der Waals surface area contributed by atoms with E-state index in [0.717, 1.165) is 29.4 Å². The van der Waals surface area contributed by atoms with Crippen LogP contribution in [0.15, 0.2) is 28.9 Å². The molecule has 0 fully saturated rings. The Kier molecular flexibility index (Phi) is 2.99. The summed E-state index contributed by atoms with van der Waals surface area (Å²) < 4.78 is 3.15. The first-order chi connectivity index (χ1) is 8.66. The summed E-state index contributed by atoms with van der Waals surface area (Å²) in [4.78, 5) is 0. The first-order valence-corrected chi connectivity index (χ1v) is 7.05. The molecule has 1 heterocycles. The average Bonchev–Trinajstić information content (AvgIpc) is 2.74. The van der Waals surface area contributed by atoms with E-state index in [0.29, 0.717) is 0 Å². The standard InChI is InChI=1S/C14H16BrN3/c1-9-7-10(15)5-6-13(9)18-14-4-2-3-12(16)11(14)8-17-18/h5-8,12H,2-4,16H2,1H3. The zero-order valence-corrected chi connectivity index (χ0v) is 11.9. The van der Waals surface area contributed by atoms with Crippen LogP contribution in [0, 0.1) is 6.92 Å². The minimum Gasteiger partial charge on any atom is -0.324 e. The fourth-order valence-electron chi connectivity index (χ4n) is 2.66. The SMILES string of the molecule is Cc1cc(Br)ccc1-n1ncc2c1CCCC2N. The lowest BCUT2D eigenvalue weighted by molar-refractivity contribution is 0.557. The topological polar surface area (TPSA) is 43.8 Å². The van der Waals surface area contributed by atoms with Gasteiger partial charge in [-0.3, -0.25) is 0 Å². The van der Waals surface area contributed by atoms with Gasteiger partial charge >= 0.3 is 0 Å². The maximum absolute atomic E-state index is 6.14. The van der Waals surface area contributed by atoms with Crippen molar-refractivity contribution >= 4 is 15.9 Å². The predicted octanol–water partition coefficient (Wildman–Crippen LogP) is 3.28. The molecule has 2 aromatic rings. The number of benzene rings is 1. The zero-order valence-electron chi connectivity index (χ0n) is 10.4. The van der Waals surface area contributed by atoms with Gasteiger partial charge in [-0.15, -0.1) is 0 Å². The Bertz CT molecular complexity index is 589. The van der Waals surface area contributed by atoms with Crippen molar-refractivity contribution in [2.45, 2.75) is 32.2 Å². The van der Waals surface area contributed by atoms with E-state index in [1.165, 1.54) is 16.8 Å². The van der Waals surface area contributed by atoms with Gasteiger partial charge in [0.15, 0.2) is 0 Å². The number of aromatic nitrogens is 2. The molecule has 0 saturated carbocycles. The number of halogens is 1. The normalized spacial score (nSPS) is 18.7. The summed E-state index contributed by atoms with van der Waals surface area (Å²) in [5, 5.41) is 4.53. The third-order valence-electron chi connectivity index (χ3n) is 3.62. The van der Waals surface area contributed by atoms with Crippen molar-refractivity contribution in [3.63, 3.8) is 0 Å². The van der Waals surface area contributed by atoms with Crippen LogP contribution in [0.2, 0.25) is 0 Å². The maximum Gasteiger partial charge on any atom is 0.0678 e. The highest BCUT2D eigenvalue weighted by molar-refractivity contribution is 9.10. The lowest BCUT2D eigenvalue weighted by atomic mass is 9.93. The second kappa shape index (κ2) is 4.52. The largest absolute Gasteiger partial charge is 0.324 e.